The Morgan fingerprint density at radius 3 is 2.50 bits per heavy atom. The molecule has 0 aliphatic carbocycles. The van der Waals surface area contributed by atoms with Gasteiger partial charge in [-0.2, -0.15) is 0 Å². The van der Waals surface area contributed by atoms with E-state index in [0.29, 0.717) is 18.6 Å². The van der Waals surface area contributed by atoms with Crippen LogP contribution in [0.5, 0.6) is 0 Å². The standard InChI is InChI=1S/C17H28O7/c1-8(5-14(19)20)4-12-16(22)15(21)11(7-23-12)6-13-17(24-13)9(2)10(3)18/h5,9-13,15-18,21-22H,4,6-7H2,1-3H3,(H,19,20)/t9-,10-,11-,12-,13-,15+,16-,17-/m0/s1. The minimum Gasteiger partial charge on any atom is -0.478 e. The zero-order valence-corrected chi connectivity index (χ0v) is 14.3. The number of carboxylic acids is 1. The van der Waals surface area contributed by atoms with E-state index < -0.39 is 30.4 Å². The monoisotopic (exact) mass is 344 g/mol. The van der Waals surface area contributed by atoms with Gasteiger partial charge >= 0.3 is 5.97 Å². The topological polar surface area (TPSA) is 120 Å². The third kappa shape index (κ3) is 4.77. The van der Waals surface area contributed by atoms with Crippen molar-refractivity contribution in [1.82, 2.24) is 0 Å². The fraction of sp³-hybridized carbons (Fsp3) is 0.824. The molecular formula is C17H28O7. The van der Waals surface area contributed by atoms with Crippen LogP contribution in [0.3, 0.4) is 0 Å². The number of aliphatic hydroxyl groups is 3. The highest BCUT2D eigenvalue weighted by molar-refractivity contribution is 5.80. The van der Waals surface area contributed by atoms with Crippen molar-refractivity contribution < 1.29 is 34.7 Å². The molecule has 2 saturated heterocycles. The van der Waals surface area contributed by atoms with Gasteiger partial charge < -0.3 is 29.9 Å². The van der Waals surface area contributed by atoms with Crippen molar-refractivity contribution in [2.45, 2.75) is 70.2 Å². The first-order chi connectivity index (χ1) is 11.2. The summed E-state index contributed by atoms with van der Waals surface area (Å²) in [5.74, 6) is -1.25. The first kappa shape index (κ1) is 19.3. The molecule has 138 valence electrons. The minimum atomic E-state index is -1.06. The number of carboxylic acid groups (broad SMARTS) is 1. The second-order valence-corrected chi connectivity index (χ2v) is 7.12. The molecule has 2 heterocycles. The molecule has 0 aromatic heterocycles. The first-order valence-corrected chi connectivity index (χ1v) is 8.42. The molecule has 24 heavy (non-hydrogen) atoms. The number of hydrogen-bond donors (Lipinski definition) is 4. The Hall–Kier alpha value is -0.990. The molecule has 0 aromatic rings. The van der Waals surface area contributed by atoms with E-state index in [1.54, 1.807) is 13.8 Å². The molecule has 0 unspecified atom stereocenters. The molecule has 2 aliphatic heterocycles. The highest BCUT2D eigenvalue weighted by Crippen LogP contribution is 2.38. The molecule has 0 amide bonds. The van der Waals surface area contributed by atoms with Gasteiger partial charge in [-0.3, -0.25) is 0 Å². The fourth-order valence-electron chi connectivity index (χ4n) is 3.30. The van der Waals surface area contributed by atoms with Crippen LogP contribution < -0.4 is 0 Å². The van der Waals surface area contributed by atoms with Crippen molar-refractivity contribution in [2.75, 3.05) is 6.61 Å². The van der Waals surface area contributed by atoms with Crippen LogP contribution >= 0.6 is 0 Å². The third-order valence-electron chi connectivity index (χ3n) is 5.07. The predicted octanol–water partition coefficient (Wildman–Crippen LogP) is 0.319. The maximum Gasteiger partial charge on any atom is 0.328 e. The zero-order chi connectivity index (χ0) is 18.0. The number of rotatable bonds is 7. The van der Waals surface area contributed by atoms with Crippen LogP contribution in [0.4, 0.5) is 0 Å². The Bertz CT molecular complexity index is 476. The van der Waals surface area contributed by atoms with Crippen LogP contribution in [0.1, 0.15) is 33.6 Å². The summed E-state index contributed by atoms with van der Waals surface area (Å²) in [6.07, 6.45) is -1.21. The molecule has 8 atom stereocenters. The Morgan fingerprint density at radius 2 is 1.92 bits per heavy atom. The summed E-state index contributed by atoms with van der Waals surface area (Å²) in [4.78, 5) is 10.7. The van der Waals surface area contributed by atoms with Gasteiger partial charge in [0.05, 0.1) is 37.1 Å². The second kappa shape index (κ2) is 7.93. The van der Waals surface area contributed by atoms with Gasteiger partial charge in [-0.25, -0.2) is 4.79 Å². The number of epoxide rings is 1. The zero-order valence-electron chi connectivity index (χ0n) is 14.3. The van der Waals surface area contributed by atoms with Gasteiger partial charge in [0, 0.05) is 17.9 Å². The van der Waals surface area contributed by atoms with E-state index in [1.807, 2.05) is 6.92 Å². The Labute approximate surface area is 141 Å². The predicted molar refractivity (Wildman–Crippen MR) is 85.4 cm³/mol. The van der Waals surface area contributed by atoms with Gasteiger partial charge in [0.1, 0.15) is 6.10 Å². The molecule has 0 aromatic carbocycles. The van der Waals surface area contributed by atoms with Gasteiger partial charge in [0.25, 0.3) is 0 Å². The van der Waals surface area contributed by atoms with Crippen molar-refractivity contribution >= 4 is 5.97 Å². The fourth-order valence-corrected chi connectivity index (χ4v) is 3.30. The number of hydrogen-bond acceptors (Lipinski definition) is 6. The van der Waals surface area contributed by atoms with E-state index in [1.165, 1.54) is 0 Å². The second-order valence-electron chi connectivity index (χ2n) is 7.12. The van der Waals surface area contributed by atoms with Crippen molar-refractivity contribution in [3.63, 3.8) is 0 Å². The molecule has 7 heteroatoms. The third-order valence-corrected chi connectivity index (χ3v) is 5.07. The largest absolute Gasteiger partial charge is 0.478 e. The molecule has 0 saturated carbocycles. The molecule has 0 radical (unpaired) electrons. The van der Waals surface area contributed by atoms with Gasteiger partial charge in [-0.15, -0.1) is 0 Å². The first-order valence-electron chi connectivity index (χ1n) is 8.42. The molecular weight excluding hydrogens is 316 g/mol. The molecule has 0 bridgehead atoms. The lowest BCUT2D eigenvalue weighted by molar-refractivity contribution is -0.165. The Kier molecular flexibility index (Phi) is 6.39. The van der Waals surface area contributed by atoms with Gasteiger partial charge in [0.15, 0.2) is 0 Å². The van der Waals surface area contributed by atoms with E-state index in [0.717, 1.165) is 6.08 Å². The summed E-state index contributed by atoms with van der Waals surface area (Å²) in [7, 11) is 0. The lowest BCUT2D eigenvalue weighted by Gasteiger charge is -2.37. The summed E-state index contributed by atoms with van der Waals surface area (Å²) >= 11 is 0. The average molecular weight is 344 g/mol. The van der Waals surface area contributed by atoms with E-state index in [-0.39, 0.29) is 30.5 Å². The van der Waals surface area contributed by atoms with E-state index in [9.17, 15) is 20.1 Å². The maximum atomic E-state index is 10.7. The Balaban J connectivity index is 1.84. The summed E-state index contributed by atoms with van der Waals surface area (Å²) in [5.41, 5.74) is 0.577. The SMILES string of the molecule is CC(=CC(=O)O)C[C@@H]1OC[C@H](C[C@@H]2O[C@H]2[C@@H](C)[C@H](C)O)[C@@H](O)[C@H]1O. The number of aliphatic carboxylic acids is 1. The lowest BCUT2D eigenvalue weighted by atomic mass is 9.85. The number of carbonyl (C=O) groups is 1. The minimum absolute atomic E-state index is 0.0205. The maximum absolute atomic E-state index is 10.7. The molecule has 2 rings (SSSR count). The van der Waals surface area contributed by atoms with E-state index in [2.05, 4.69) is 0 Å². The van der Waals surface area contributed by atoms with Crippen LogP contribution in [-0.4, -0.2) is 69.6 Å². The molecule has 0 spiro atoms. The van der Waals surface area contributed by atoms with Crippen molar-refractivity contribution in [3.8, 4) is 0 Å². The van der Waals surface area contributed by atoms with Crippen LogP contribution in [0.25, 0.3) is 0 Å². The van der Waals surface area contributed by atoms with Gasteiger partial charge in [-0.1, -0.05) is 12.5 Å². The summed E-state index contributed by atoms with van der Waals surface area (Å²) in [6.45, 7) is 5.59. The molecule has 7 nitrogen and oxygen atoms in total. The van der Waals surface area contributed by atoms with Crippen molar-refractivity contribution in [2.24, 2.45) is 11.8 Å². The Morgan fingerprint density at radius 1 is 1.25 bits per heavy atom. The summed E-state index contributed by atoms with van der Waals surface area (Å²) in [5, 5.41) is 38.9. The van der Waals surface area contributed by atoms with E-state index in [4.69, 9.17) is 14.6 Å². The highest BCUT2D eigenvalue weighted by Gasteiger charge is 2.48. The number of aliphatic hydroxyl groups excluding tert-OH is 3. The highest BCUT2D eigenvalue weighted by atomic mass is 16.6. The summed E-state index contributed by atoms with van der Waals surface area (Å²) < 4.78 is 11.2. The summed E-state index contributed by atoms with van der Waals surface area (Å²) in [6, 6.07) is 0. The normalized spacial score (nSPS) is 39.3. The van der Waals surface area contributed by atoms with Gasteiger partial charge in [-0.05, 0) is 26.7 Å². The quantitative estimate of drug-likeness (QED) is 0.388. The van der Waals surface area contributed by atoms with Crippen molar-refractivity contribution in [1.29, 1.82) is 0 Å². The molecule has 4 N–H and O–H groups in total. The van der Waals surface area contributed by atoms with Crippen LogP contribution in [0.15, 0.2) is 11.6 Å². The lowest BCUT2D eigenvalue weighted by Crippen LogP contribution is -2.50. The smallest absolute Gasteiger partial charge is 0.328 e. The number of ether oxygens (including phenoxy) is 2. The molecule has 2 aliphatic rings. The molecule has 2 fully saturated rings. The van der Waals surface area contributed by atoms with E-state index >= 15 is 0 Å². The van der Waals surface area contributed by atoms with Crippen LogP contribution in [0.2, 0.25) is 0 Å². The average Bonchev–Trinajstić information content (AvgIpc) is 3.24. The van der Waals surface area contributed by atoms with Gasteiger partial charge in [0.2, 0.25) is 0 Å². The van der Waals surface area contributed by atoms with Crippen LogP contribution in [0, 0.1) is 11.8 Å². The van der Waals surface area contributed by atoms with Crippen molar-refractivity contribution in [3.05, 3.63) is 11.6 Å². The van der Waals surface area contributed by atoms with Crippen LogP contribution in [-0.2, 0) is 14.3 Å².